The second-order valence-electron chi connectivity index (χ2n) is 2.84. The van der Waals surface area contributed by atoms with Crippen molar-refractivity contribution < 1.29 is 9.53 Å². The minimum absolute atomic E-state index is 0.381. The lowest BCUT2D eigenvalue weighted by atomic mass is 10.3. The molecule has 0 fully saturated rings. The molecule has 6 heteroatoms. The largest absolute Gasteiger partial charge is 0.464 e. The van der Waals surface area contributed by atoms with Crippen LogP contribution in [-0.2, 0) is 4.74 Å². The van der Waals surface area contributed by atoms with E-state index in [9.17, 15) is 4.79 Å². The molecule has 15 heavy (non-hydrogen) atoms. The Balaban J connectivity index is 2.69. The van der Waals surface area contributed by atoms with Gasteiger partial charge >= 0.3 is 5.97 Å². The third-order valence-electron chi connectivity index (χ3n) is 1.95. The molecule has 0 amide bonds. The fraction of sp³-hybridized carbons (Fsp3) is 0.111. The number of rotatable bonds is 1. The second kappa shape index (κ2) is 4.09. The standard InChI is InChI=1S/C9H6BrIN2O2/c1-15-9(14)7-6(11)4-2-3-5(10)12-8(4)13-7/h2-3H,1H3,(H,12,13). The quantitative estimate of drug-likeness (QED) is 0.470. The third-order valence-corrected chi connectivity index (χ3v) is 3.51. The van der Waals surface area contributed by atoms with Crippen molar-refractivity contribution in [2.45, 2.75) is 0 Å². The van der Waals surface area contributed by atoms with Gasteiger partial charge in [0, 0.05) is 5.39 Å². The molecule has 0 bridgehead atoms. The molecule has 0 spiro atoms. The second-order valence-corrected chi connectivity index (χ2v) is 4.73. The van der Waals surface area contributed by atoms with Crippen LogP contribution in [0.3, 0.4) is 0 Å². The minimum atomic E-state index is -0.381. The average molecular weight is 381 g/mol. The normalized spacial score (nSPS) is 10.6. The number of esters is 1. The number of fused-ring (bicyclic) bond motifs is 1. The Kier molecular flexibility index (Phi) is 2.96. The van der Waals surface area contributed by atoms with E-state index in [0.717, 1.165) is 13.6 Å². The van der Waals surface area contributed by atoms with Crippen molar-refractivity contribution in [3.8, 4) is 0 Å². The molecular weight excluding hydrogens is 375 g/mol. The van der Waals surface area contributed by atoms with Gasteiger partial charge in [0.25, 0.3) is 0 Å². The third kappa shape index (κ3) is 1.87. The van der Waals surface area contributed by atoms with Crippen molar-refractivity contribution in [2.24, 2.45) is 0 Å². The van der Waals surface area contributed by atoms with E-state index in [-0.39, 0.29) is 5.97 Å². The molecule has 0 aliphatic rings. The highest BCUT2D eigenvalue weighted by molar-refractivity contribution is 14.1. The van der Waals surface area contributed by atoms with Crippen LogP contribution in [0.25, 0.3) is 11.0 Å². The van der Waals surface area contributed by atoms with Crippen LogP contribution in [0.2, 0.25) is 0 Å². The van der Waals surface area contributed by atoms with E-state index in [2.05, 4.69) is 53.2 Å². The van der Waals surface area contributed by atoms with Crippen molar-refractivity contribution in [3.63, 3.8) is 0 Å². The molecule has 2 aromatic heterocycles. The molecule has 2 aromatic rings. The van der Waals surface area contributed by atoms with Crippen molar-refractivity contribution in [1.82, 2.24) is 9.97 Å². The smallest absolute Gasteiger partial charge is 0.355 e. The molecule has 4 nitrogen and oxygen atoms in total. The number of aromatic amines is 1. The SMILES string of the molecule is COC(=O)c1[nH]c2nc(Br)ccc2c1I. The van der Waals surface area contributed by atoms with Crippen LogP contribution in [0, 0.1) is 3.57 Å². The first-order chi connectivity index (χ1) is 7.13. The molecule has 0 aliphatic heterocycles. The number of H-pyrrole nitrogens is 1. The van der Waals surface area contributed by atoms with E-state index in [1.54, 1.807) is 0 Å². The van der Waals surface area contributed by atoms with Gasteiger partial charge in [-0.1, -0.05) is 0 Å². The Morgan fingerprint density at radius 3 is 3.00 bits per heavy atom. The van der Waals surface area contributed by atoms with Gasteiger partial charge in [-0.05, 0) is 50.7 Å². The molecule has 0 saturated heterocycles. The Bertz CT molecular complexity index is 538. The summed E-state index contributed by atoms with van der Waals surface area (Å²) in [7, 11) is 1.35. The molecule has 0 atom stereocenters. The highest BCUT2D eigenvalue weighted by atomic mass is 127. The van der Waals surface area contributed by atoms with Crippen LogP contribution in [0.15, 0.2) is 16.7 Å². The first kappa shape index (κ1) is 10.9. The maximum atomic E-state index is 11.4. The molecule has 0 aromatic carbocycles. The summed E-state index contributed by atoms with van der Waals surface area (Å²) in [6, 6.07) is 3.73. The van der Waals surface area contributed by atoms with Gasteiger partial charge in [0.15, 0.2) is 0 Å². The molecule has 0 radical (unpaired) electrons. The average Bonchev–Trinajstić information content (AvgIpc) is 2.54. The summed E-state index contributed by atoms with van der Waals surface area (Å²) in [4.78, 5) is 18.5. The van der Waals surface area contributed by atoms with Crippen LogP contribution in [0.4, 0.5) is 0 Å². The van der Waals surface area contributed by atoms with E-state index in [1.165, 1.54) is 7.11 Å². The molecule has 0 saturated carbocycles. The number of nitrogens with one attached hydrogen (secondary N) is 1. The highest BCUT2D eigenvalue weighted by Crippen LogP contribution is 2.24. The lowest BCUT2D eigenvalue weighted by molar-refractivity contribution is 0.0594. The van der Waals surface area contributed by atoms with E-state index >= 15 is 0 Å². The Hall–Kier alpha value is -0.630. The predicted molar refractivity (Wildman–Crippen MR) is 67.9 cm³/mol. The predicted octanol–water partition coefficient (Wildman–Crippen LogP) is 2.72. The monoisotopic (exact) mass is 380 g/mol. The van der Waals surface area contributed by atoms with Crippen LogP contribution in [0.5, 0.6) is 0 Å². The van der Waals surface area contributed by atoms with Crippen molar-refractivity contribution in [2.75, 3.05) is 7.11 Å². The topological polar surface area (TPSA) is 55.0 Å². The number of carbonyl (C=O) groups excluding carboxylic acids is 1. The van der Waals surface area contributed by atoms with Crippen molar-refractivity contribution in [1.29, 1.82) is 0 Å². The van der Waals surface area contributed by atoms with E-state index in [4.69, 9.17) is 0 Å². The zero-order chi connectivity index (χ0) is 11.0. The summed E-state index contributed by atoms with van der Waals surface area (Å²) < 4.78 is 6.22. The molecule has 2 heterocycles. The number of pyridine rings is 1. The zero-order valence-electron chi connectivity index (χ0n) is 7.67. The molecule has 0 unspecified atom stereocenters. The van der Waals surface area contributed by atoms with Gasteiger partial charge in [-0.2, -0.15) is 0 Å². The van der Waals surface area contributed by atoms with Gasteiger partial charge in [0.05, 0.1) is 10.7 Å². The van der Waals surface area contributed by atoms with E-state index in [0.29, 0.717) is 11.3 Å². The van der Waals surface area contributed by atoms with Gasteiger partial charge < -0.3 is 9.72 Å². The van der Waals surface area contributed by atoms with E-state index in [1.807, 2.05) is 12.1 Å². The van der Waals surface area contributed by atoms with Gasteiger partial charge in [-0.15, -0.1) is 0 Å². The number of nitrogens with zero attached hydrogens (tertiary/aromatic N) is 1. The molecule has 0 aliphatic carbocycles. The van der Waals surface area contributed by atoms with Crippen LogP contribution in [0.1, 0.15) is 10.5 Å². The van der Waals surface area contributed by atoms with Gasteiger partial charge in [-0.25, -0.2) is 9.78 Å². The maximum absolute atomic E-state index is 11.4. The van der Waals surface area contributed by atoms with E-state index < -0.39 is 0 Å². The number of hydrogen-bond donors (Lipinski definition) is 1. The first-order valence-electron chi connectivity index (χ1n) is 4.05. The van der Waals surface area contributed by atoms with Gasteiger partial charge in [0.1, 0.15) is 15.9 Å². The molecular formula is C9H6BrIN2O2. The molecule has 1 N–H and O–H groups in total. The fourth-order valence-corrected chi connectivity index (χ4v) is 2.36. The summed E-state index contributed by atoms with van der Waals surface area (Å²) in [5.74, 6) is -0.381. The molecule has 2 rings (SSSR count). The van der Waals surface area contributed by atoms with Crippen LogP contribution < -0.4 is 0 Å². The highest BCUT2D eigenvalue weighted by Gasteiger charge is 2.16. The summed E-state index contributed by atoms with van der Waals surface area (Å²) in [5.41, 5.74) is 1.12. The Labute approximate surface area is 108 Å². The summed E-state index contributed by atoms with van der Waals surface area (Å²) in [5, 5.41) is 0.916. The number of hydrogen-bond acceptors (Lipinski definition) is 3. The number of ether oxygens (including phenoxy) is 1. The Morgan fingerprint density at radius 1 is 1.60 bits per heavy atom. The van der Waals surface area contributed by atoms with Crippen LogP contribution in [-0.4, -0.2) is 23.0 Å². The van der Waals surface area contributed by atoms with Crippen molar-refractivity contribution in [3.05, 3.63) is 26.0 Å². The van der Waals surface area contributed by atoms with Gasteiger partial charge in [0.2, 0.25) is 0 Å². The number of halogens is 2. The minimum Gasteiger partial charge on any atom is -0.464 e. The van der Waals surface area contributed by atoms with Gasteiger partial charge in [-0.3, -0.25) is 0 Å². The number of carbonyl (C=O) groups is 1. The lowest BCUT2D eigenvalue weighted by Crippen LogP contribution is -2.03. The summed E-state index contributed by atoms with van der Waals surface area (Å²) in [6.45, 7) is 0. The lowest BCUT2D eigenvalue weighted by Gasteiger charge is -1.94. The number of methoxy groups -OCH3 is 1. The number of aromatic nitrogens is 2. The summed E-state index contributed by atoms with van der Waals surface area (Å²) >= 11 is 5.37. The van der Waals surface area contributed by atoms with Crippen molar-refractivity contribution >= 4 is 55.5 Å². The Morgan fingerprint density at radius 2 is 2.33 bits per heavy atom. The fourth-order valence-electron chi connectivity index (χ4n) is 1.26. The zero-order valence-corrected chi connectivity index (χ0v) is 11.4. The first-order valence-corrected chi connectivity index (χ1v) is 5.92. The maximum Gasteiger partial charge on any atom is 0.355 e. The van der Waals surface area contributed by atoms with Crippen LogP contribution >= 0.6 is 38.5 Å². The summed E-state index contributed by atoms with van der Waals surface area (Å²) in [6.07, 6.45) is 0. The molecule has 78 valence electrons.